The van der Waals surface area contributed by atoms with Gasteiger partial charge in [0.05, 0.1) is 0 Å². The van der Waals surface area contributed by atoms with E-state index in [0.29, 0.717) is 17.2 Å². The number of carbonyl (C=O) groups excluding carboxylic acids is 1. The second-order valence-electron chi connectivity index (χ2n) is 5.52. The van der Waals surface area contributed by atoms with Crippen LogP contribution in [0.1, 0.15) is 41.7 Å². The predicted octanol–water partition coefficient (Wildman–Crippen LogP) is 2.97. The molecule has 0 aliphatic rings. The van der Waals surface area contributed by atoms with E-state index >= 15 is 0 Å². The topological polar surface area (TPSA) is 80.9 Å². The van der Waals surface area contributed by atoms with Gasteiger partial charge in [0.2, 0.25) is 5.13 Å². The van der Waals surface area contributed by atoms with Gasteiger partial charge in [-0.2, -0.15) is 0 Å². The molecule has 0 fully saturated rings. The lowest BCUT2D eigenvalue weighted by Gasteiger charge is -2.12. The molecule has 1 aromatic carbocycles. The number of carbonyl (C=O) groups is 1. The third kappa shape index (κ3) is 4.49. The van der Waals surface area contributed by atoms with Gasteiger partial charge >= 0.3 is 0 Å². The summed E-state index contributed by atoms with van der Waals surface area (Å²) in [5.41, 5.74) is 7.03. The molecule has 1 heterocycles. The Balaban J connectivity index is 0.00000220. The Bertz CT molecular complexity index is 604. The highest BCUT2D eigenvalue weighted by molar-refractivity contribution is 7.15. The number of halogens is 1. The first-order valence-corrected chi connectivity index (χ1v) is 7.16. The van der Waals surface area contributed by atoms with E-state index in [1.807, 2.05) is 12.1 Å². The molecular formula is C14H19ClN4OS. The fourth-order valence-corrected chi connectivity index (χ4v) is 2.33. The summed E-state index contributed by atoms with van der Waals surface area (Å²) in [5.74, 6) is -0.190. The Morgan fingerprint density at radius 3 is 2.33 bits per heavy atom. The third-order valence-corrected chi connectivity index (χ3v) is 4.00. The fraction of sp³-hybridized carbons (Fsp3) is 0.357. The zero-order valence-corrected chi connectivity index (χ0v) is 13.8. The summed E-state index contributed by atoms with van der Waals surface area (Å²) in [4.78, 5) is 12.1. The van der Waals surface area contributed by atoms with Crippen LogP contribution in [0.15, 0.2) is 24.3 Å². The van der Waals surface area contributed by atoms with Crippen molar-refractivity contribution in [2.45, 2.75) is 32.7 Å². The van der Waals surface area contributed by atoms with Crippen molar-refractivity contribution in [1.82, 2.24) is 10.2 Å². The van der Waals surface area contributed by atoms with Gasteiger partial charge in [-0.3, -0.25) is 10.1 Å². The molecule has 2 rings (SSSR count). The van der Waals surface area contributed by atoms with E-state index in [1.54, 1.807) is 12.1 Å². The van der Waals surface area contributed by atoms with Crippen LogP contribution in [0.5, 0.6) is 0 Å². The number of nitrogens with two attached hydrogens (primary N) is 1. The lowest BCUT2D eigenvalue weighted by molar-refractivity contribution is 0.102. The minimum atomic E-state index is -0.190. The van der Waals surface area contributed by atoms with Crippen LogP contribution in [-0.4, -0.2) is 16.1 Å². The van der Waals surface area contributed by atoms with Crippen molar-refractivity contribution in [3.8, 4) is 0 Å². The Labute approximate surface area is 134 Å². The molecule has 2 aromatic rings. The largest absolute Gasteiger partial charge is 0.326 e. The summed E-state index contributed by atoms with van der Waals surface area (Å²) in [6.45, 7) is 6.65. The van der Waals surface area contributed by atoms with E-state index in [4.69, 9.17) is 5.73 Å². The standard InChI is InChI=1S/C14H18N4OS.ClH/c1-14(2,3)12-17-18-13(20-12)16-11(19)10-6-4-9(8-15)5-7-10;/h4-7H,8,15H2,1-3H3,(H,16,18,19);1H. The Morgan fingerprint density at radius 2 is 1.86 bits per heavy atom. The van der Waals surface area contributed by atoms with Crippen LogP contribution >= 0.6 is 23.7 Å². The van der Waals surface area contributed by atoms with Gasteiger partial charge in [0.1, 0.15) is 5.01 Å². The maximum atomic E-state index is 12.1. The van der Waals surface area contributed by atoms with Crippen LogP contribution < -0.4 is 11.1 Å². The maximum absolute atomic E-state index is 12.1. The second-order valence-corrected chi connectivity index (χ2v) is 6.50. The average Bonchev–Trinajstić information content (AvgIpc) is 2.87. The minimum absolute atomic E-state index is 0. The number of nitrogens with one attached hydrogen (secondary N) is 1. The van der Waals surface area contributed by atoms with E-state index < -0.39 is 0 Å². The van der Waals surface area contributed by atoms with Crippen molar-refractivity contribution >= 4 is 34.8 Å². The number of hydrogen-bond donors (Lipinski definition) is 2. The molecule has 0 saturated heterocycles. The lowest BCUT2D eigenvalue weighted by Crippen LogP contribution is -2.11. The van der Waals surface area contributed by atoms with Gasteiger partial charge in [0.15, 0.2) is 0 Å². The minimum Gasteiger partial charge on any atom is -0.326 e. The highest BCUT2D eigenvalue weighted by Gasteiger charge is 2.20. The molecule has 0 spiro atoms. The van der Waals surface area contributed by atoms with Crippen LogP contribution in [0.25, 0.3) is 0 Å². The molecule has 0 aliphatic carbocycles. The van der Waals surface area contributed by atoms with E-state index in [2.05, 4.69) is 36.3 Å². The first kappa shape index (κ1) is 17.6. The molecule has 0 unspecified atom stereocenters. The smallest absolute Gasteiger partial charge is 0.257 e. The molecule has 0 saturated carbocycles. The summed E-state index contributed by atoms with van der Waals surface area (Å²) >= 11 is 1.40. The first-order chi connectivity index (χ1) is 9.40. The molecule has 1 aromatic heterocycles. The fourth-order valence-electron chi connectivity index (χ4n) is 1.54. The average molecular weight is 327 g/mol. The quantitative estimate of drug-likeness (QED) is 0.908. The van der Waals surface area contributed by atoms with Gasteiger partial charge in [0, 0.05) is 17.5 Å². The molecule has 0 atom stereocenters. The predicted molar refractivity (Wildman–Crippen MR) is 88.1 cm³/mol. The van der Waals surface area contributed by atoms with Gasteiger partial charge in [0.25, 0.3) is 5.91 Å². The van der Waals surface area contributed by atoms with E-state index in [9.17, 15) is 4.79 Å². The summed E-state index contributed by atoms with van der Waals surface area (Å²) in [7, 11) is 0. The summed E-state index contributed by atoms with van der Waals surface area (Å²) in [6.07, 6.45) is 0. The van der Waals surface area contributed by atoms with Crippen LogP contribution in [-0.2, 0) is 12.0 Å². The highest BCUT2D eigenvalue weighted by atomic mass is 35.5. The van der Waals surface area contributed by atoms with Crippen LogP contribution in [0.4, 0.5) is 5.13 Å². The van der Waals surface area contributed by atoms with E-state index in [1.165, 1.54) is 11.3 Å². The van der Waals surface area contributed by atoms with Gasteiger partial charge in [-0.05, 0) is 17.7 Å². The number of nitrogens with zero attached hydrogens (tertiary/aromatic N) is 2. The summed E-state index contributed by atoms with van der Waals surface area (Å²) in [6, 6.07) is 7.19. The number of benzene rings is 1. The van der Waals surface area contributed by atoms with Crippen LogP contribution in [0, 0.1) is 0 Å². The van der Waals surface area contributed by atoms with Crippen molar-refractivity contribution in [3.63, 3.8) is 0 Å². The van der Waals surface area contributed by atoms with Crippen molar-refractivity contribution < 1.29 is 4.79 Å². The zero-order valence-electron chi connectivity index (χ0n) is 12.2. The Morgan fingerprint density at radius 1 is 1.24 bits per heavy atom. The van der Waals surface area contributed by atoms with Crippen LogP contribution in [0.3, 0.4) is 0 Å². The molecule has 7 heteroatoms. The molecule has 21 heavy (non-hydrogen) atoms. The van der Waals surface area contributed by atoms with Gasteiger partial charge < -0.3 is 5.73 Å². The SMILES string of the molecule is CC(C)(C)c1nnc(NC(=O)c2ccc(CN)cc2)s1.Cl. The number of anilines is 1. The monoisotopic (exact) mass is 326 g/mol. The zero-order chi connectivity index (χ0) is 14.8. The molecular weight excluding hydrogens is 308 g/mol. The van der Waals surface area contributed by atoms with Crippen LogP contribution in [0.2, 0.25) is 0 Å². The van der Waals surface area contributed by atoms with Crippen molar-refractivity contribution in [1.29, 1.82) is 0 Å². The van der Waals surface area contributed by atoms with Crippen molar-refractivity contribution in [2.75, 3.05) is 5.32 Å². The molecule has 5 nitrogen and oxygen atoms in total. The number of rotatable bonds is 3. The molecule has 0 radical (unpaired) electrons. The molecule has 0 aliphatic heterocycles. The maximum Gasteiger partial charge on any atom is 0.257 e. The second kappa shape index (κ2) is 6.98. The summed E-state index contributed by atoms with van der Waals surface area (Å²) < 4.78 is 0. The number of aromatic nitrogens is 2. The first-order valence-electron chi connectivity index (χ1n) is 6.34. The number of hydrogen-bond acceptors (Lipinski definition) is 5. The van der Waals surface area contributed by atoms with E-state index in [0.717, 1.165) is 10.6 Å². The molecule has 114 valence electrons. The van der Waals surface area contributed by atoms with Crippen molar-refractivity contribution in [2.24, 2.45) is 5.73 Å². The highest BCUT2D eigenvalue weighted by Crippen LogP contribution is 2.27. The van der Waals surface area contributed by atoms with Gasteiger partial charge in [-0.25, -0.2) is 0 Å². The van der Waals surface area contributed by atoms with Gasteiger partial charge in [-0.15, -0.1) is 22.6 Å². The lowest BCUT2D eigenvalue weighted by atomic mass is 9.98. The normalized spacial score (nSPS) is 10.9. The van der Waals surface area contributed by atoms with Crippen molar-refractivity contribution in [3.05, 3.63) is 40.4 Å². The molecule has 3 N–H and O–H groups in total. The molecule has 0 bridgehead atoms. The summed E-state index contributed by atoms with van der Waals surface area (Å²) in [5, 5.41) is 12.3. The Kier molecular flexibility index (Phi) is 5.83. The van der Waals surface area contributed by atoms with Gasteiger partial charge in [-0.1, -0.05) is 44.2 Å². The van der Waals surface area contributed by atoms with E-state index in [-0.39, 0.29) is 23.7 Å². The Hall–Kier alpha value is -1.50. The molecule has 1 amide bonds. The number of amides is 1. The third-order valence-electron chi connectivity index (χ3n) is 2.74.